The summed E-state index contributed by atoms with van der Waals surface area (Å²) in [5, 5.41) is 2.90. The van der Waals surface area contributed by atoms with Crippen LogP contribution in [0.1, 0.15) is 31.6 Å². The molecular weight excluding hydrogens is 430 g/mol. The van der Waals surface area contributed by atoms with Gasteiger partial charge in [-0.25, -0.2) is 4.79 Å². The Morgan fingerprint density at radius 3 is 2.53 bits per heavy atom. The van der Waals surface area contributed by atoms with E-state index >= 15 is 0 Å². The van der Waals surface area contributed by atoms with Crippen LogP contribution in [0, 0.1) is 0 Å². The highest BCUT2D eigenvalue weighted by atomic mass is 16.5. The highest BCUT2D eigenvalue weighted by Gasteiger charge is 2.25. The summed E-state index contributed by atoms with van der Waals surface area (Å²) in [5.41, 5.74) is 1.76. The van der Waals surface area contributed by atoms with E-state index in [1.807, 2.05) is 68.4 Å². The molecule has 1 atom stereocenters. The number of anilines is 1. The zero-order chi connectivity index (χ0) is 24.3. The van der Waals surface area contributed by atoms with Crippen molar-refractivity contribution in [2.45, 2.75) is 39.3 Å². The van der Waals surface area contributed by atoms with E-state index < -0.39 is 0 Å². The zero-order valence-electron chi connectivity index (χ0n) is 20.1. The van der Waals surface area contributed by atoms with Crippen LogP contribution in [0.25, 0.3) is 0 Å². The van der Waals surface area contributed by atoms with Crippen molar-refractivity contribution in [1.29, 1.82) is 0 Å². The van der Waals surface area contributed by atoms with Gasteiger partial charge in [-0.05, 0) is 49.6 Å². The number of furan rings is 1. The summed E-state index contributed by atoms with van der Waals surface area (Å²) in [6.45, 7) is 4.79. The number of nitrogens with one attached hydrogen (secondary N) is 1. The molecule has 0 radical (unpaired) electrons. The summed E-state index contributed by atoms with van der Waals surface area (Å²) in [6, 6.07) is 20.4. The SMILES string of the molecule is CCC(C)N(CC(=O)N(CCc1ccccc1)Cc1ccco1)C(=O)Nc1cccc(OC)c1. The second-order valence-corrected chi connectivity index (χ2v) is 8.18. The summed E-state index contributed by atoms with van der Waals surface area (Å²) < 4.78 is 10.7. The number of hydrogen-bond acceptors (Lipinski definition) is 4. The first-order valence-corrected chi connectivity index (χ1v) is 11.6. The average Bonchev–Trinajstić information content (AvgIpc) is 3.38. The second kappa shape index (κ2) is 12.5. The molecule has 34 heavy (non-hydrogen) atoms. The molecule has 3 amide bonds. The Balaban J connectivity index is 1.73. The molecule has 0 spiro atoms. The molecule has 0 aliphatic heterocycles. The van der Waals surface area contributed by atoms with Crippen molar-refractivity contribution in [2.24, 2.45) is 0 Å². The van der Waals surface area contributed by atoms with Crippen LogP contribution in [0.15, 0.2) is 77.4 Å². The molecule has 180 valence electrons. The van der Waals surface area contributed by atoms with Crippen molar-refractivity contribution in [1.82, 2.24) is 9.80 Å². The van der Waals surface area contributed by atoms with Crippen LogP contribution in [-0.2, 0) is 17.8 Å². The summed E-state index contributed by atoms with van der Waals surface area (Å²) in [6.07, 6.45) is 3.04. The maximum absolute atomic E-state index is 13.4. The number of amides is 3. The van der Waals surface area contributed by atoms with Gasteiger partial charge in [-0.1, -0.05) is 43.3 Å². The van der Waals surface area contributed by atoms with Gasteiger partial charge in [0.2, 0.25) is 5.91 Å². The largest absolute Gasteiger partial charge is 0.497 e. The highest BCUT2D eigenvalue weighted by Crippen LogP contribution is 2.18. The van der Waals surface area contributed by atoms with Gasteiger partial charge in [-0.3, -0.25) is 4.79 Å². The van der Waals surface area contributed by atoms with Crippen molar-refractivity contribution < 1.29 is 18.7 Å². The predicted molar refractivity (Wildman–Crippen MR) is 133 cm³/mol. The van der Waals surface area contributed by atoms with Crippen LogP contribution >= 0.6 is 0 Å². The topological polar surface area (TPSA) is 75.0 Å². The summed E-state index contributed by atoms with van der Waals surface area (Å²) in [5.74, 6) is 1.22. The summed E-state index contributed by atoms with van der Waals surface area (Å²) in [7, 11) is 1.58. The Labute approximate surface area is 201 Å². The molecule has 3 rings (SSSR count). The van der Waals surface area contributed by atoms with Crippen molar-refractivity contribution >= 4 is 17.6 Å². The molecule has 1 unspecified atom stereocenters. The number of urea groups is 1. The van der Waals surface area contributed by atoms with Crippen LogP contribution in [-0.4, -0.2) is 48.0 Å². The Hall–Kier alpha value is -3.74. The summed E-state index contributed by atoms with van der Waals surface area (Å²) in [4.78, 5) is 29.9. The van der Waals surface area contributed by atoms with Gasteiger partial charge in [0.05, 0.1) is 19.9 Å². The number of nitrogens with zero attached hydrogens (tertiary/aromatic N) is 2. The van der Waals surface area contributed by atoms with Gasteiger partial charge in [0.15, 0.2) is 0 Å². The third-order valence-electron chi connectivity index (χ3n) is 5.80. The maximum atomic E-state index is 13.4. The predicted octanol–water partition coefficient (Wildman–Crippen LogP) is 5.19. The van der Waals surface area contributed by atoms with Crippen LogP contribution in [0.2, 0.25) is 0 Å². The van der Waals surface area contributed by atoms with Gasteiger partial charge in [0.25, 0.3) is 0 Å². The zero-order valence-corrected chi connectivity index (χ0v) is 20.1. The fourth-order valence-electron chi connectivity index (χ4n) is 3.58. The lowest BCUT2D eigenvalue weighted by molar-refractivity contribution is -0.133. The molecule has 1 N–H and O–H groups in total. The van der Waals surface area contributed by atoms with E-state index in [0.717, 1.165) is 12.0 Å². The Bertz CT molecular complexity index is 1040. The lowest BCUT2D eigenvalue weighted by atomic mass is 10.1. The van der Waals surface area contributed by atoms with Gasteiger partial charge in [0, 0.05) is 24.3 Å². The molecule has 0 aliphatic rings. The quantitative estimate of drug-likeness (QED) is 0.425. The summed E-state index contributed by atoms with van der Waals surface area (Å²) >= 11 is 0. The van der Waals surface area contributed by atoms with Crippen LogP contribution in [0.4, 0.5) is 10.5 Å². The molecule has 0 saturated carbocycles. The van der Waals surface area contributed by atoms with E-state index in [1.54, 1.807) is 35.3 Å². The number of methoxy groups -OCH3 is 1. The number of hydrogen-bond donors (Lipinski definition) is 1. The van der Waals surface area contributed by atoms with E-state index in [-0.39, 0.29) is 24.5 Å². The van der Waals surface area contributed by atoms with Gasteiger partial charge in [-0.15, -0.1) is 0 Å². The molecule has 2 aromatic carbocycles. The van der Waals surface area contributed by atoms with Crippen LogP contribution in [0.5, 0.6) is 5.75 Å². The Kier molecular flexibility index (Phi) is 9.14. The normalized spacial score (nSPS) is 11.5. The van der Waals surface area contributed by atoms with Gasteiger partial charge < -0.3 is 24.3 Å². The Morgan fingerprint density at radius 1 is 1.06 bits per heavy atom. The van der Waals surface area contributed by atoms with Gasteiger partial charge in [0.1, 0.15) is 18.1 Å². The van der Waals surface area contributed by atoms with E-state index in [1.165, 1.54) is 0 Å². The minimum atomic E-state index is -0.322. The molecule has 3 aromatic rings. The minimum absolute atomic E-state index is 0.0275. The van der Waals surface area contributed by atoms with Crippen molar-refractivity contribution in [2.75, 3.05) is 25.5 Å². The average molecular weight is 464 g/mol. The molecule has 0 aliphatic carbocycles. The number of rotatable bonds is 11. The monoisotopic (exact) mass is 463 g/mol. The van der Waals surface area contributed by atoms with Gasteiger partial charge in [-0.2, -0.15) is 0 Å². The van der Waals surface area contributed by atoms with Crippen LogP contribution < -0.4 is 10.1 Å². The molecular formula is C27H33N3O4. The van der Waals surface area contributed by atoms with E-state index in [4.69, 9.17) is 9.15 Å². The fraction of sp³-hybridized carbons (Fsp3) is 0.333. The number of ether oxygens (including phenoxy) is 1. The van der Waals surface area contributed by atoms with Crippen LogP contribution in [0.3, 0.4) is 0 Å². The molecule has 7 heteroatoms. The molecule has 0 fully saturated rings. The van der Waals surface area contributed by atoms with Gasteiger partial charge >= 0.3 is 6.03 Å². The van der Waals surface area contributed by atoms with E-state index in [0.29, 0.717) is 36.7 Å². The Morgan fingerprint density at radius 2 is 1.85 bits per heavy atom. The fourth-order valence-corrected chi connectivity index (χ4v) is 3.58. The smallest absolute Gasteiger partial charge is 0.322 e. The lowest BCUT2D eigenvalue weighted by Gasteiger charge is -2.31. The van der Waals surface area contributed by atoms with Crippen molar-refractivity contribution in [3.8, 4) is 5.75 Å². The van der Waals surface area contributed by atoms with Crippen molar-refractivity contribution in [3.05, 3.63) is 84.3 Å². The first kappa shape index (κ1) is 24.9. The third kappa shape index (κ3) is 7.13. The molecule has 1 heterocycles. The first-order valence-electron chi connectivity index (χ1n) is 11.6. The van der Waals surface area contributed by atoms with Crippen molar-refractivity contribution in [3.63, 3.8) is 0 Å². The highest BCUT2D eigenvalue weighted by molar-refractivity contribution is 5.92. The maximum Gasteiger partial charge on any atom is 0.322 e. The van der Waals surface area contributed by atoms with E-state index in [2.05, 4.69) is 5.32 Å². The number of carbonyl (C=O) groups excluding carboxylic acids is 2. The standard InChI is InChI=1S/C27H33N3O4/c1-4-21(2)30(27(32)28-23-12-8-13-24(18-23)33-3)20-26(31)29(19-25-14-9-17-34-25)16-15-22-10-6-5-7-11-22/h5-14,17-18,21H,4,15-16,19-20H2,1-3H3,(H,28,32). The lowest BCUT2D eigenvalue weighted by Crippen LogP contribution is -2.48. The molecule has 0 saturated heterocycles. The van der Waals surface area contributed by atoms with E-state index in [9.17, 15) is 9.59 Å². The number of carbonyl (C=O) groups is 2. The minimum Gasteiger partial charge on any atom is -0.497 e. The molecule has 7 nitrogen and oxygen atoms in total. The third-order valence-corrected chi connectivity index (χ3v) is 5.80. The first-order chi connectivity index (χ1) is 16.5. The number of benzene rings is 2. The molecule has 0 bridgehead atoms. The molecule has 1 aromatic heterocycles. The second-order valence-electron chi connectivity index (χ2n) is 8.18.